The molecule has 0 aliphatic carbocycles. The van der Waals surface area contributed by atoms with Crippen molar-refractivity contribution in [3.05, 3.63) is 35.1 Å². The van der Waals surface area contributed by atoms with Crippen LogP contribution in [-0.2, 0) is 6.54 Å². The zero-order chi connectivity index (χ0) is 13.5. The molecule has 0 atom stereocenters. The first kappa shape index (κ1) is 14.7. The van der Waals surface area contributed by atoms with Crippen LogP contribution in [0.3, 0.4) is 0 Å². The predicted octanol–water partition coefficient (Wildman–Crippen LogP) is 2.26. The molecule has 2 nitrogen and oxygen atoms in total. The van der Waals surface area contributed by atoms with Crippen molar-refractivity contribution in [2.75, 3.05) is 20.2 Å². The molecule has 0 spiro atoms. The molecule has 1 aromatic rings. The van der Waals surface area contributed by atoms with E-state index in [0.717, 1.165) is 12.1 Å². The lowest BCUT2D eigenvalue weighted by Crippen LogP contribution is -2.22. The molecule has 0 heterocycles. The van der Waals surface area contributed by atoms with Crippen molar-refractivity contribution in [2.24, 2.45) is 5.92 Å². The molecule has 0 saturated carbocycles. The van der Waals surface area contributed by atoms with Crippen molar-refractivity contribution in [1.29, 1.82) is 0 Å². The molecule has 0 fully saturated rings. The van der Waals surface area contributed by atoms with Gasteiger partial charge in [0.2, 0.25) is 0 Å². The summed E-state index contributed by atoms with van der Waals surface area (Å²) in [5.74, 6) is 5.56. The first-order valence-electron chi connectivity index (χ1n) is 6.09. The molecule has 0 aliphatic rings. The Hall–Kier alpha value is -1.37. The van der Waals surface area contributed by atoms with Gasteiger partial charge in [-0.15, -0.1) is 0 Å². The highest BCUT2D eigenvalue weighted by molar-refractivity contribution is 5.37. The summed E-state index contributed by atoms with van der Waals surface area (Å²) in [4.78, 5) is 2.16. The van der Waals surface area contributed by atoms with Gasteiger partial charge in [0.1, 0.15) is 12.4 Å². The zero-order valence-electron chi connectivity index (χ0n) is 11.2. The number of nitrogens with zero attached hydrogens (tertiary/aromatic N) is 1. The Morgan fingerprint density at radius 1 is 1.33 bits per heavy atom. The third-order valence-electron chi connectivity index (χ3n) is 2.40. The van der Waals surface area contributed by atoms with Crippen LogP contribution in [0.25, 0.3) is 0 Å². The van der Waals surface area contributed by atoms with E-state index in [1.807, 2.05) is 13.1 Å². The van der Waals surface area contributed by atoms with Gasteiger partial charge in [0.25, 0.3) is 0 Å². The average molecular weight is 249 g/mol. The second-order valence-electron chi connectivity index (χ2n) is 4.90. The number of aliphatic hydroxyl groups excluding tert-OH is 1. The second kappa shape index (κ2) is 7.15. The van der Waals surface area contributed by atoms with E-state index in [2.05, 4.69) is 30.6 Å². The lowest BCUT2D eigenvalue weighted by Gasteiger charge is -2.19. The topological polar surface area (TPSA) is 23.5 Å². The van der Waals surface area contributed by atoms with E-state index in [0.29, 0.717) is 18.0 Å². The summed E-state index contributed by atoms with van der Waals surface area (Å²) in [6.07, 6.45) is 0. The van der Waals surface area contributed by atoms with Crippen LogP contribution in [0.2, 0.25) is 0 Å². The molecule has 18 heavy (non-hydrogen) atoms. The molecular weight excluding hydrogens is 229 g/mol. The summed E-state index contributed by atoms with van der Waals surface area (Å²) >= 11 is 0. The van der Waals surface area contributed by atoms with Gasteiger partial charge >= 0.3 is 0 Å². The fraction of sp³-hybridized carbons (Fsp3) is 0.467. The summed E-state index contributed by atoms with van der Waals surface area (Å²) in [7, 11) is 2.02. The van der Waals surface area contributed by atoms with Gasteiger partial charge < -0.3 is 10.0 Å². The normalized spacial score (nSPS) is 10.6. The number of hydrogen-bond acceptors (Lipinski definition) is 2. The molecule has 0 amide bonds. The Bertz CT molecular complexity index is 446. The minimum Gasteiger partial charge on any atom is -0.384 e. The second-order valence-corrected chi connectivity index (χ2v) is 4.90. The predicted molar refractivity (Wildman–Crippen MR) is 71.5 cm³/mol. The molecule has 1 N–H and O–H groups in total. The smallest absolute Gasteiger partial charge is 0.124 e. The summed E-state index contributed by atoms with van der Waals surface area (Å²) in [5.41, 5.74) is 1.51. The summed E-state index contributed by atoms with van der Waals surface area (Å²) in [5, 5.41) is 8.64. The average Bonchev–Trinajstić information content (AvgIpc) is 2.24. The van der Waals surface area contributed by atoms with Gasteiger partial charge in [0, 0.05) is 18.7 Å². The van der Waals surface area contributed by atoms with Crippen LogP contribution in [0.15, 0.2) is 18.2 Å². The van der Waals surface area contributed by atoms with E-state index in [-0.39, 0.29) is 12.4 Å². The summed E-state index contributed by atoms with van der Waals surface area (Å²) in [6.45, 7) is 5.76. The molecule has 0 aliphatic heterocycles. The largest absolute Gasteiger partial charge is 0.384 e. The van der Waals surface area contributed by atoms with Gasteiger partial charge in [-0.05, 0) is 36.7 Å². The molecule has 1 aromatic carbocycles. The van der Waals surface area contributed by atoms with Crippen LogP contribution in [0.1, 0.15) is 25.0 Å². The first-order valence-corrected chi connectivity index (χ1v) is 6.09. The van der Waals surface area contributed by atoms with Gasteiger partial charge in [0.15, 0.2) is 0 Å². The number of aliphatic hydroxyl groups is 1. The standard InChI is InChI=1S/C15H20FNO/c1-12(2)10-17(3)11-14-7-13(5-4-6-18)8-15(16)9-14/h7-9,12,18H,6,10-11H2,1-3H3. The van der Waals surface area contributed by atoms with Gasteiger partial charge in [-0.3, -0.25) is 0 Å². The highest BCUT2D eigenvalue weighted by Crippen LogP contribution is 2.11. The van der Waals surface area contributed by atoms with Crippen molar-refractivity contribution in [3.8, 4) is 11.8 Å². The number of rotatable bonds is 4. The van der Waals surface area contributed by atoms with Crippen LogP contribution in [0, 0.1) is 23.6 Å². The van der Waals surface area contributed by atoms with E-state index < -0.39 is 0 Å². The van der Waals surface area contributed by atoms with Crippen molar-refractivity contribution in [3.63, 3.8) is 0 Å². The maximum atomic E-state index is 13.4. The number of hydrogen-bond donors (Lipinski definition) is 1. The van der Waals surface area contributed by atoms with E-state index in [9.17, 15) is 4.39 Å². The molecule has 0 saturated heterocycles. The molecule has 0 aromatic heterocycles. The third kappa shape index (κ3) is 5.31. The molecule has 0 radical (unpaired) electrons. The highest BCUT2D eigenvalue weighted by atomic mass is 19.1. The van der Waals surface area contributed by atoms with Crippen LogP contribution in [0.5, 0.6) is 0 Å². The van der Waals surface area contributed by atoms with Crippen molar-refractivity contribution in [2.45, 2.75) is 20.4 Å². The van der Waals surface area contributed by atoms with Gasteiger partial charge in [-0.2, -0.15) is 0 Å². The number of benzene rings is 1. The quantitative estimate of drug-likeness (QED) is 0.827. The SMILES string of the molecule is CC(C)CN(C)Cc1cc(F)cc(C#CCO)c1. The van der Waals surface area contributed by atoms with Gasteiger partial charge in [-0.1, -0.05) is 25.7 Å². The maximum Gasteiger partial charge on any atom is 0.124 e. The fourth-order valence-electron chi connectivity index (χ4n) is 1.96. The molecule has 1 rings (SSSR count). The fourth-order valence-corrected chi connectivity index (χ4v) is 1.96. The minimum absolute atomic E-state index is 0.209. The summed E-state index contributed by atoms with van der Waals surface area (Å²) < 4.78 is 13.4. The highest BCUT2D eigenvalue weighted by Gasteiger charge is 2.05. The van der Waals surface area contributed by atoms with Gasteiger partial charge in [-0.25, -0.2) is 4.39 Å². The van der Waals surface area contributed by atoms with Crippen LogP contribution < -0.4 is 0 Å². The molecule has 0 bridgehead atoms. The Morgan fingerprint density at radius 2 is 2.06 bits per heavy atom. The Balaban J connectivity index is 2.79. The lowest BCUT2D eigenvalue weighted by molar-refractivity contribution is 0.288. The summed E-state index contributed by atoms with van der Waals surface area (Å²) in [6, 6.07) is 4.78. The molecular formula is C15H20FNO. The van der Waals surface area contributed by atoms with Crippen LogP contribution in [0.4, 0.5) is 4.39 Å². The Labute approximate surface area is 108 Å². The van der Waals surface area contributed by atoms with Crippen LogP contribution in [-0.4, -0.2) is 30.2 Å². The van der Waals surface area contributed by atoms with Crippen molar-refractivity contribution < 1.29 is 9.50 Å². The van der Waals surface area contributed by atoms with E-state index in [1.54, 1.807) is 0 Å². The van der Waals surface area contributed by atoms with Crippen molar-refractivity contribution >= 4 is 0 Å². The molecule has 0 unspecified atom stereocenters. The lowest BCUT2D eigenvalue weighted by atomic mass is 10.1. The van der Waals surface area contributed by atoms with E-state index >= 15 is 0 Å². The molecule has 3 heteroatoms. The van der Waals surface area contributed by atoms with E-state index in [1.165, 1.54) is 12.1 Å². The zero-order valence-corrected chi connectivity index (χ0v) is 11.2. The maximum absolute atomic E-state index is 13.4. The Kier molecular flexibility index (Phi) is 5.84. The first-order chi connectivity index (χ1) is 8.51. The van der Waals surface area contributed by atoms with Gasteiger partial charge in [0.05, 0.1) is 0 Å². The monoisotopic (exact) mass is 249 g/mol. The molecule has 98 valence electrons. The Morgan fingerprint density at radius 3 is 2.67 bits per heavy atom. The van der Waals surface area contributed by atoms with E-state index in [4.69, 9.17) is 5.11 Å². The van der Waals surface area contributed by atoms with Crippen molar-refractivity contribution in [1.82, 2.24) is 4.90 Å². The number of halogens is 1. The van der Waals surface area contributed by atoms with Crippen LogP contribution >= 0.6 is 0 Å². The minimum atomic E-state index is -0.285. The third-order valence-corrected chi connectivity index (χ3v) is 2.40.